The summed E-state index contributed by atoms with van der Waals surface area (Å²) in [4.78, 5) is 12.5. The Kier molecular flexibility index (Phi) is 4.51. The van der Waals surface area contributed by atoms with Crippen LogP contribution in [0.1, 0.15) is 5.56 Å². The average Bonchev–Trinajstić information content (AvgIpc) is 3.01. The Morgan fingerprint density at radius 3 is 2.77 bits per heavy atom. The van der Waals surface area contributed by atoms with Crippen LogP contribution in [0.3, 0.4) is 0 Å². The Hall–Kier alpha value is -2.96. The summed E-state index contributed by atoms with van der Waals surface area (Å²) >= 11 is 0. The second-order valence-electron chi connectivity index (χ2n) is 6.08. The fourth-order valence-corrected chi connectivity index (χ4v) is 2.96. The third-order valence-electron chi connectivity index (χ3n) is 4.31. The maximum atomic E-state index is 6.40. The highest BCUT2D eigenvalue weighted by Crippen LogP contribution is 2.32. The summed E-state index contributed by atoms with van der Waals surface area (Å²) in [5.41, 5.74) is 12.3. The number of aromatic nitrogens is 3. The summed E-state index contributed by atoms with van der Waals surface area (Å²) in [7, 11) is 1.66. The highest BCUT2D eigenvalue weighted by molar-refractivity contribution is 6.00. The number of anilines is 1. The molecule has 6 heteroatoms. The normalized spacial score (nSPS) is 11.4. The Morgan fingerprint density at radius 2 is 1.92 bits per heavy atom. The molecule has 0 aliphatic heterocycles. The minimum Gasteiger partial charge on any atom is -0.396 e. The second kappa shape index (κ2) is 7.11. The summed E-state index contributed by atoms with van der Waals surface area (Å²) in [6, 6.07) is 13.9. The third kappa shape index (κ3) is 3.12. The SMILES string of the molecule is COCCOCc1ccc2[nH]c(-c3cnc4ccccc4n3)c(N)c2c1. The third-order valence-corrected chi connectivity index (χ3v) is 4.31. The summed E-state index contributed by atoms with van der Waals surface area (Å²) in [6.45, 7) is 1.67. The Bertz CT molecular complexity index is 1060. The summed E-state index contributed by atoms with van der Waals surface area (Å²) in [5, 5.41) is 0.961. The van der Waals surface area contributed by atoms with Gasteiger partial charge >= 0.3 is 0 Å². The number of nitrogens with one attached hydrogen (secondary N) is 1. The van der Waals surface area contributed by atoms with E-state index in [2.05, 4.69) is 15.0 Å². The molecule has 0 aliphatic carbocycles. The van der Waals surface area contributed by atoms with Crippen LogP contribution in [0.4, 0.5) is 5.69 Å². The van der Waals surface area contributed by atoms with Crippen LogP contribution in [-0.2, 0) is 16.1 Å². The molecule has 0 atom stereocenters. The molecule has 6 nitrogen and oxygen atoms in total. The van der Waals surface area contributed by atoms with Crippen LogP contribution in [0.5, 0.6) is 0 Å². The molecule has 0 aliphatic rings. The number of benzene rings is 2. The van der Waals surface area contributed by atoms with Gasteiger partial charge in [-0.05, 0) is 29.8 Å². The van der Waals surface area contributed by atoms with E-state index in [0.29, 0.717) is 25.5 Å². The number of nitrogens with two attached hydrogens (primary N) is 1. The Morgan fingerprint density at radius 1 is 1.08 bits per heavy atom. The number of fused-ring (bicyclic) bond motifs is 2. The lowest BCUT2D eigenvalue weighted by Crippen LogP contribution is -2.01. The van der Waals surface area contributed by atoms with E-state index in [9.17, 15) is 0 Å². The van der Waals surface area contributed by atoms with E-state index in [4.69, 9.17) is 15.2 Å². The quantitative estimate of drug-likeness (QED) is 0.521. The van der Waals surface area contributed by atoms with Gasteiger partial charge in [-0.3, -0.25) is 4.98 Å². The number of nitrogen functional groups attached to an aromatic ring is 1. The molecule has 4 aromatic rings. The topological polar surface area (TPSA) is 86.0 Å². The average molecular weight is 348 g/mol. The van der Waals surface area contributed by atoms with E-state index in [1.807, 2.05) is 42.5 Å². The van der Waals surface area contributed by atoms with Crippen molar-refractivity contribution >= 4 is 27.6 Å². The zero-order chi connectivity index (χ0) is 17.9. The molecule has 4 rings (SSSR count). The van der Waals surface area contributed by atoms with Gasteiger partial charge in [-0.1, -0.05) is 18.2 Å². The van der Waals surface area contributed by atoms with Crippen LogP contribution in [0.15, 0.2) is 48.7 Å². The highest BCUT2D eigenvalue weighted by atomic mass is 16.5. The van der Waals surface area contributed by atoms with E-state index in [1.54, 1.807) is 13.3 Å². The molecule has 2 aromatic heterocycles. The molecular weight excluding hydrogens is 328 g/mol. The van der Waals surface area contributed by atoms with Gasteiger partial charge < -0.3 is 20.2 Å². The maximum absolute atomic E-state index is 6.40. The maximum Gasteiger partial charge on any atom is 0.108 e. The van der Waals surface area contributed by atoms with Crippen molar-refractivity contribution < 1.29 is 9.47 Å². The van der Waals surface area contributed by atoms with Crippen molar-refractivity contribution in [1.29, 1.82) is 0 Å². The molecular formula is C20H20N4O2. The zero-order valence-corrected chi connectivity index (χ0v) is 14.5. The smallest absolute Gasteiger partial charge is 0.108 e. The predicted octanol–water partition coefficient (Wildman–Crippen LogP) is 3.52. The number of rotatable bonds is 6. The lowest BCUT2D eigenvalue weighted by atomic mass is 10.1. The molecule has 0 spiro atoms. The number of para-hydroxylation sites is 2. The minimum atomic E-state index is 0.523. The fourth-order valence-electron chi connectivity index (χ4n) is 2.96. The van der Waals surface area contributed by atoms with Crippen molar-refractivity contribution in [2.45, 2.75) is 6.61 Å². The molecule has 0 unspecified atom stereocenters. The van der Waals surface area contributed by atoms with Crippen molar-refractivity contribution in [3.05, 3.63) is 54.2 Å². The van der Waals surface area contributed by atoms with Crippen molar-refractivity contribution in [3.63, 3.8) is 0 Å². The first kappa shape index (κ1) is 16.5. The molecule has 0 bridgehead atoms. The monoisotopic (exact) mass is 348 g/mol. The molecule has 0 saturated carbocycles. The molecule has 0 fully saturated rings. The van der Waals surface area contributed by atoms with E-state index in [-0.39, 0.29) is 0 Å². The van der Waals surface area contributed by atoms with Crippen LogP contribution in [0.25, 0.3) is 33.3 Å². The van der Waals surface area contributed by atoms with Crippen LogP contribution < -0.4 is 5.73 Å². The number of nitrogens with zero attached hydrogens (tertiary/aromatic N) is 2. The molecule has 132 valence electrons. The lowest BCUT2D eigenvalue weighted by molar-refractivity contribution is 0.0617. The van der Waals surface area contributed by atoms with Crippen molar-refractivity contribution in [2.24, 2.45) is 0 Å². The van der Waals surface area contributed by atoms with Crippen LogP contribution in [-0.4, -0.2) is 35.3 Å². The van der Waals surface area contributed by atoms with Gasteiger partial charge in [-0.2, -0.15) is 0 Å². The van der Waals surface area contributed by atoms with Gasteiger partial charge in [0.25, 0.3) is 0 Å². The van der Waals surface area contributed by atoms with Gasteiger partial charge in [0.2, 0.25) is 0 Å². The van der Waals surface area contributed by atoms with Gasteiger partial charge in [0.15, 0.2) is 0 Å². The summed E-state index contributed by atoms with van der Waals surface area (Å²) in [6.07, 6.45) is 1.75. The standard InChI is InChI=1S/C20H20N4O2/c1-25-8-9-26-12-13-6-7-15-14(10-13)19(21)20(24-15)18-11-22-16-4-2-3-5-17(16)23-18/h2-7,10-11,24H,8-9,12,21H2,1H3. The van der Waals surface area contributed by atoms with Crippen LogP contribution >= 0.6 is 0 Å². The molecule has 0 amide bonds. The van der Waals surface area contributed by atoms with Crippen molar-refractivity contribution in [3.8, 4) is 11.4 Å². The first-order valence-electron chi connectivity index (χ1n) is 8.45. The number of methoxy groups -OCH3 is 1. The molecule has 2 heterocycles. The lowest BCUT2D eigenvalue weighted by Gasteiger charge is -2.04. The Labute approximate surface area is 151 Å². The summed E-state index contributed by atoms with van der Waals surface area (Å²) < 4.78 is 10.6. The van der Waals surface area contributed by atoms with E-state index in [1.165, 1.54) is 0 Å². The first-order chi connectivity index (χ1) is 12.8. The molecule has 3 N–H and O–H groups in total. The molecule has 0 radical (unpaired) electrons. The van der Waals surface area contributed by atoms with E-state index < -0.39 is 0 Å². The van der Waals surface area contributed by atoms with Gasteiger partial charge in [-0.25, -0.2) is 4.98 Å². The van der Waals surface area contributed by atoms with Gasteiger partial charge in [0, 0.05) is 18.0 Å². The van der Waals surface area contributed by atoms with Crippen LogP contribution in [0, 0.1) is 0 Å². The van der Waals surface area contributed by atoms with Gasteiger partial charge in [0.1, 0.15) is 5.69 Å². The highest BCUT2D eigenvalue weighted by Gasteiger charge is 2.13. The number of H-pyrrole nitrogens is 1. The van der Waals surface area contributed by atoms with Crippen molar-refractivity contribution in [2.75, 3.05) is 26.1 Å². The van der Waals surface area contributed by atoms with Gasteiger partial charge in [0.05, 0.1) is 48.4 Å². The Balaban J connectivity index is 1.68. The van der Waals surface area contributed by atoms with Crippen LogP contribution in [0.2, 0.25) is 0 Å². The van der Waals surface area contributed by atoms with E-state index >= 15 is 0 Å². The number of ether oxygens (including phenoxy) is 2. The minimum absolute atomic E-state index is 0.523. The van der Waals surface area contributed by atoms with E-state index in [0.717, 1.165) is 38.9 Å². The van der Waals surface area contributed by atoms with Gasteiger partial charge in [-0.15, -0.1) is 0 Å². The number of hydrogen-bond donors (Lipinski definition) is 2. The largest absolute Gasteiger partial charge is 0.396 e. The predicted molar refractivity (Wildman–Crippen MR) is 103 cm³/mol. The molecule has 2 aromatic carbocycles. The first-order valence-corrected chi connectivity index (χ1v) is 8.45. The number of aromatic amines is 1. The van der Waals surface area contributed by atoms with Crippen molar-refractivity contribution in [1.82, 2.24) is 15.0 Å². The fraction of sp³-hybridized carbons (Fsp3) is 0.200. The molecule has 26 heavy (non-hydrogen) atoms. The second-order valence-corrected chi connectivity index (χ2v) is 6.08. The molecule has 0 saturated heterocycles. The zero-order valence-electron chi connectivity index (χ0n) is 14.5. The number of hydrogen-bond acceptors (Lipinski definition) is 5. The summed E-state index contributed by atoms with van der Waals surface area (Å²) in [5.74, 6) is 0.